The second-order valence-corrected chi connectivity index (χ2v) is 8.03. The standard InChI is InChI=1S/C16H24N2O3S/c1-18(15-9-12-22(20,21)13-15)16(19)8-11-17-10-7-14-5-3-2-4-6-14/h2-6,15,17H,7-13H2,1H3. The molecule has 1 unspecified atom stereocenters. The molecule has 1 atom stereocenters. The molecule has 0 spiro atoms. The second-order valence-electron chi connectivity index (χ2n) is 5.80. The summed E-state index contributed by atoms with van der Waals surface area (Å²) in [7, 11) is -1.24. The Morgan fingerprint density at radius 1 is 1.27 bits per heavy atom. The number of rotatable bonds is 7. The van der Waals surface area contributed by atoms with Crippen LogP contribution in [0.15, 0.2) is 30.3 Å². The molecule has 0 aliphatic carbocycles. The maximum Gasteiger partial charge on any atom is 0.223 e. The van der Waals surface area contributed by atoms with Gasteiger partial charge in [0.1, 0.15) is 0 Å². The summed E-state index contributed by atoms with van der Waals surface area (Å²) in [6, 6.07) is 10.0. The fourth-order valence-electron chi connectivity index (χ4n) is 2.66. The third-order valence-corrected chi connectivity index (χ3v) is 5.85. The van der Waals surface area contributed by atoms with Crippen LogP contribution in [0.3, 0.4) is 0 Å². The van der Waals surface area contributed by atoms with Crippen molar-refractivity contribution < 1.29 is 13.2 Å². The van der Waals surface area contributed by atoms with Gasteiger partial charge < -0.3 is 10.2 Å². The molecule has 1 aliphatic rings. The lowest BCUT2D eigenvalue weighted by atomic mass is 10.1. The number of carbonyl (C=O) groups is 1. The first kappa shape index (κ1) is 17.0. The van der Waals surface area contributed by atoms with Gasteiger partial charge in [0, 0.05) is 26.1 Å². The van der Waals surface area contributed by atoms with E-state index in [2.05, 4.69) is 17.4 Å². The van der Waals surface area contributed by atoms with E-state index in [0.717, 1.165) is 13.0 Å². The Hall–Kier alpha value is -1.40. The number of nitrogens with one attached hydrogen (secondary N) is 1. The van der Waals surface area contributed by atoms with Gasteiger partial charge in [-0.05, 0) is 24.9 Å². The third kappa shape index (κ3) is 5.10. The van der Waals surface area contributed by atoms with Gasteiger partial charge in [0.2, 0.25) is 5.91 Å². The molecule has 122 valence electrons. The molecule has 1 aromatic carbocycles. The Kier molecular flexibility index (Phi) is 5.97. The molecule has 1 amide bonds. The van der Waals surface area contributed by atoms with Crippen LogP contribution in [0.2, 0.25) is 0 Å². The van der Waals surface area contributed by atoms with E-state index in [9.17, 15) is 13.2 Å². The summed E-state index contributed by atoms with van der Waals surface area (Å²) >= 11 is 0. The number of hydrogen-bond donors (Lipinski definition) is 1. The summed E-state index contributed by atoms with van der Waals surface area (Å²) in [5.74, 6) is 0.315. The van der Waals surface area contributed by atoms with Gasteiger partial charge >= 0.3 is 0 Å². The van der Waals surface area contributed by atoms with Crippen molar-refractivity contribution in [2.24, 2.45) is 0 Å². The van der Waals surface area contributed by atoms with Crippen molar-refractivity contribution in [3.63, 3.8) is 0 Å². The maximum absolute atomic E-state index is 12.1. The first-order chi connectivity index (χ1) is 10.5. The molecular weight excluding hydrogens is 300 g/mol. The molecule has 0 aromatic heterocycles. The Morgan fingerprint density at radius 2 is 2.00 bits per heavy atom. The van der Waals surface area contributed by atoms with Crippen LogP contribution in [0.5, 0.6) is 0 Å². The molecule has 0 saturated carbocycles. The van der Waals surface area contributed by atoms with E-state index in [4.69, 9.17) is 0 Å². The van der Waals surface area contributed by atoms with Crippen LogP contribution in [0, 0.1) is 0 Å². The molecule has 1 saturated heterocycles. The average molecular weight is 324 g/mol. The molecule has 0 radical (unpaired) electrons. The Bertz CT molecular complexity index is 587. The van der Waals surface area contributed by atoms with Crippen molar-refractivity contribution in [2.75, 3.05) is 31.6 Å². The van der Waals surface area contributed by atoms with Gasteiger partial charge in [-0.2, -0.15) is 0 Å². The summed E-state index contributed by atoms with van der Waals surface area (Å²) in [6.07, 6.45) is 1.90. The van der Waals surface area contributed by atoms with Crippen LogP contribution >= 0.6 is 0 Å². The van der Waals surface area contributed by atoms with Gasteiger partial charge in [-0.25, -0.2) is 8.42 Å². The Balaban J connectivity index is 1.63. The number of benzene rings is 1. The van der Waals surface area contributed by atoms with Crippen molar-refractivity contribution in [3.05, 3.63) is 35.9 Å². The van der Waals surface area contributed by atoms with Crippen LogP contribution in [0.4, 0.5) is 0 Å². The monoisotopic (exact) mass is 324 g/mol. The first-order valence-electron chi connectivity index (χ1n) is 7.69. The first-order valence-corrected chi connectivity index (χ1v) is 9.51. The number of amides is 1. The van der Waals surface area contributed by atoms with E-state index >= 15 is 0 Å². The molecule has 0 bridgehead atoms. The molecule has 6 heteroatoms. The van der Waals surface area contributed by atoms with Gasteiger partial charge in [-0.15, -0.1) is 0 Å². The summed E-state index contributed by atoms with van der Waals surface area (Å²) in [5.41, 5.74) is 1.27. The number of nitrogens with zero attached hydrogens (tertiary/aromatic N) is 1. The highest BCUT2D eigenvalue weighted by atomic mass is 32.2. The molecule has 1 aliphatic heterocycles. The SMILES string of the molecule is CN(C(=O)CCNCCc1ccccc1)C1CCS(=O)(=O)C1. The zero-order valence-electron chi connectivity index (χ0n) is 13.0. The summed E-state index contributed by atoms with van der Waals surface area (Å²) in [5, 5.41) is 3.26. The minimum Gasteiger partial charge on any atom is -0.342 e. The third-order valence-electron chi connectivity index (χ3n) is 4.10. The lowest BCUT2D eigenvalue weighted by molar-refractivity contribution is -0.131. The van der Waals surface area contributed by atoms with Crippen molar-refractivity contribution in [1.29, 1.82) is 0 Å². The lowest BCUT2D eigenvalue weighted by Gasteiger charge is -2.23. The molecule has 2 rings (SSSR count). The summed E-state index contributed by atoms with van der Waals surface area (Å²) in [6.45, 7) is 1.45. The zero-order valence-corrected chi connectivity index (χ0v) is 13.8. The van der Waals surface area contributed by atoms with E-state index < -0.39 is 9.84 Å². The van der Waals surface area contributed by atoms with E-state index in [1.807, 2.05) is 18.2 Å². The van der Waals surface area contributed by atoms with Gasteiger partial charge in [-0.1, -0.05) is 30.3 Å². The topological polar surface area (TPSA) is 66.5 Å². The summed E-state index contributed by atoms with van der Waals surface area (Å²) < 4.78 is 22.9. The fraction of sp³-hybridized carbons (Fsp3) is 0.562. The van der Waals surface area contributed by atoms with Crippen LogP contribution in [0.25, 0.3) is 0 Å². The minimum absolute atomic E-state index is 0.00862. The molecule has 1 fully saturated rings. The second kappa shape index (κ2) is 7.74. The average Bonchev–Trinajstić information content (AvgIpc) is 2.87. The largest absolute Gasteiger partial charge is 0.342 e. The van der Waals surface area contributed by atoms with Gasteiger partial charge in [-0.3, -0.25) is 4.79 Å². The van der Waals surface area contributed by atoms with Crippen molar-refractivity contribution in [2.45, 2.75) is 25.3 Å². The van der Waals surface area contributed by atoms with Crippen molar-refractivity contribution in [1.82, 2.24) is 10.2 Å². The highest BCUT2D eigenvalue weighted by molar-refractivity contribution is 7.91. The van der Waals surface area contributed by atoms with Crippen LogP contribution in [0.1, 0.15) is 18.4 Å². The fourth-order valence-corrected chi connectivity index (χ4v) is 4.43. The number of carbonyl (C=O) groups excluding carboxylic acids is 1. The Labute approximate surface area is 132 Å². The zero-order chi connectivity index (χ0) is 16.0. The van der Waals surface area contributed by atoms with Gasteiger partial charge in [0.05, 0.1) is 11.5 Å². The molecule has 1 heterocycles. The molecule has 5 nitrogen and oxygen atoms in total. The Morgan fingerprint density at radius 3 is 2.64 bits per heavy atom. The number of hydrogen-bond acceptors (Lipinski definition) is 4. The van der Waals surface area contributed by atoms with Crippen LogP contribution < -0.4 is 5.32 Å². The quantitative estimate of drug-likeness (QED) is 0.755. The van der Waals surface area contributed by atoms with E-state index in [1.165, 1.54) is 5.56 Å². The predicted molar refractivity (Wildman–Crippen MR) is 87.5 cm³/mol. The number of sulfone groups is 1. The van der Waals surface area contributed by atoms with Gasteiger partial charge in [0.15, 0.2) is 9.84 Å². The van der Waals surface area contributed by atoms with E-state index in [0.29, 0.717) is 19.4 Å². The maximum atomic E-state index is 12.1. The normalized spacial score (nSPS) is 20.0. The smallest absolute Gasteiger partial charge is 0.223 e. The predicted octanol–water partition coefficient (Wildman–Crippen LogP) is 0.854. The van der Waals surface area contributed by atoms with E-state index in [1.54, 1.807) is 11.9 Å². The van der Waals surface area contributed by atoms with E-state index in [-0.39, 0.29) is 23.5 Å². The molecule has 1 N–H and O–H groups in total. The molecular formula is C16H24N2O3S. The van der Waals surface area contributed by atoms with Crippen molar-refractivity contribution in [3.8, 4) is 0 Å². The lowest BCUT2D eigenvalue weighted by Crippen LogP contribution is -2.39. The highest BCUT2D eigenvalue weighted by Crippen LogP contribution is 2.16. The van der Waals surface area contributed by atoms with Crippen molar-refractivity contribution >= 4 is 15.7 Å². The van der Waals surface area contributed by atoms with Gasteiger partial charge in [0.25, 0.3) is 0 Å². The molecule has 1 aromatic rings. The summed E-state index contributed by atoms with van der Waals surface area (Å²) in [4.78, 5) is 13.7. The van der Waals surface area contributed by atoms with Crippen LogP contribution in [-0.4, -0.2) is 56.9 Å². The molecule has 22 heavy (non-hydrogen) atoms. The van der Waals surface area contributed by atoms with Crippen LogP contribution in [-0.2, 0) is 21.1 Å². The highest BCUT2D eigenvalue weighted by Gasteiger charge is 2.32. The minimum atomic E-state index is -2.94.